The van der Waals surface area contributed by atoms with E-state index in [4.69, 9.17) is 9.47 Å². The van der Waals surface area contributed by atoms with Crippen LogP contribution in [0, 0.1) is 0 Å². The van der Waals surface area contributed by atoms with Crippen molar-refractivity contribution in [1.29, 1.82) is 0 Å². The van der Waals surface area contributed by atoms with E-state index in [0.29, 0.717) is 13.2 Å². The zero-order valence-electron chi connectivity index (χ0n) is 12.3. The Hall–Kier alpha value is -1.36. The topological polar surface area (TPSA) is 102 Å². The van der Waals surface area contributed by atoms with Crippen molar-refractivity contribution in [2.45, 2.75) is 4.90 Å². The number of benzene rings is 1. The minimum absolute atomic E-state index is 0.0782. The van der Waals surface area contributed by atoms with Crippen molar-refractivity contribution < 1.29 is 26.3 Å². The van der Waals surface area contributed by atoms with Crippen molar-refractivity contribution in [2.24, 2.45) is 0 Å². The molecule has 1 heterocycles. The molecule has 22 heavy (non-hydrogen) atoms. The number of ether oxygens (including phenoxy) is 2. The van der Waals surface area contributed by atoms with Crippen LogP contribution >= 0.6 is 0 Å². The Labute approximate surface area is 130 Å². The number of hydrogen-bond acceptors (Lipinski definition) is 6. The summed E-state index contributed by atoms with van der Waals surface area (Å²) in [5.41, 5.74) is 0.162. The molecule has 1 N–H and O–H groups in total. The highest BCUT2D eigenvalue weighted by molar-refractivity contribution is 7.92. The molecule has 1 aliphatic heterocycles. The van der Waals surface area contributed by atoms with Gasteiger partial charge >= 0.3 is 0 Å². The van der Waals surface area contributed by atoms with Crippen LogP contribution in [0.4, 0.5) is 5.69 Å². The molecule has 0 aromatic heterocycles. The fourth-order valence-electron chi connectivity index (χ4n) is 2.08. The van der Waals surface area contributed by atoms with Gasteiger partial charge < -0.3 is 9.47 Å². The number of anilines is 1. The largest absolute Gasteiger partial charge is 0.495 e. The molecular weight excluding hydrogens is 332 g/mol. The van der Waals surface area contributed by atoms with Gasteiger partial charge in [-0.1, -0.05) is 0 Å². The number of nitrogens with zero attached hydrogens (tertiary/aromatic N) is 1. The summed E-state index contributed by atoms with van der Waals surface area (Å²) in [4.78, 5) is -0.0782. The van der Waals surface area contributed by atoms with Crippen LogP contribution in [0.5, 0.6) is 5.75 Å². The van der Waals surface area contributed by atoms with Gasteiger partial charge in [0.15, 0.2) is 0 Å². The Morgan fingerprint density at radius 1 is 1.18 bits per heavy atom. The van der Waals surface area contributed by atoms with Gasteiger partial charge in [-0.3, -0.25) is 4.72 Å². The molecule has 0 amide bonds. The standard InChI is InChI=1S/C12H18N2O6S2/c1-19-11-4-3-10(13-21(2,15)16)9-12(11)22(17,18)14-5-7-20-8-6-14/h3-4,9,13H,5-8H2,1-2H3. The maximum atomic E-state index is 12.7. The van der Waals surface area contributed by atoms with E-state index in [1.807, 2.05) is 0 Å². The van der Waals surface area contributed by atoms with E-state index in [2.05, 4.69) is 4.72 Å². The lowest BCUT2D eigenvalue weighted by Crippen LogP contribution is -2.40. The van der Waals surface area contributed by atoms with Gasteiger partial charge in [0.1, 0.15) is 10.6 Å². The van der Waals surface area contributed by atoms with E-state index >= 15 is 0 Å². The van der Waals surface area contributed by atoms with Crippen molar-refractivity contribution in [1.82, 2.24) is 4.31 Å². The van der Waals surface area contributed by atoms with Crippen molar-refractivity contribution in [2.75, 3.05) is 44.4 Å². The molecule has 1 aliphatic rings. The van der Waals surface area contributed by atoms with Crippen molar-refractivity contribution in [3.8, 4) is 5.75 Å². The Balaban J connectivity index is 2.44. The first-order valence-corrected chi connectivity index (χ1v) is 9.81. The van der Waals surface area contributed by atoms with Gasteiger partial charge in [-0.2, -0.15) is 4.31 Å². The summed E-state index contributed by atoms with van der Waals surface area (Å²) >= 11 is 0. The van der Waals surface area contributed by atoms with E-state index in [-0.39, 0.29) is 29.4 Å². The third-order valence-corrected chi connectivity index (χ3v) is 5.58. The highest BCUT2D eigenvalue weighted by Crippen LogP contribution is 2.30. The molecule has 0 unspecified atom stereocenters. The van der Waals surface area contributed by atoms with Crippen LogP contribution in [0.25, 0.3) is 0 Å². The fourth-order valence-corrected chi connectivity index (χ4v) is 4.23. The maximum absolute atomic E-state index is 12.7. The molecule has 0 atom stereocenters. The van der Waals surface area contributed by atoms with Crippen molar-refractivity contribution in [3.63, 3.8) is 0 Å². The highest BCUT2D eigenvalue weighted by atomic mass is 32.2. The normalized spacial score (nSPS) is 17.2. The number of morpholine rings is 1. The Kier molecular flexibility index (Phi) is 4.95. The van der Waals surface area contributed by atoms with E-state index < -0.39 is 20.0 Å². The number of nitrogens with one attached hydrogen (secondary N) is 1. The average Bonchev–Trinajstić information content (AvgIpc) is 2.46. The first kappa shape index (κ1) is 17.0. The quantitative estimate of drug-likeness (QED) is 0.807. The minimum atomic E-state index is -3.79. The monoisotopic (exact) mass is 350 g/mol. The van der Waals surface area contributed by atoms with Gasteiger partial charge in [0.2, 0.25) is 20.0 Å². The molecule has 2 rings (SSSR count). The number of rotatable bonds is 5. The Bertz CT molecular complexity index is 739. The van der Waals surface area contributed by atoms with E-state index in [1.54, 1.807) is 0 Å². The van der Waals surface area contributed by atoms with Crippen LogP contribution in [0.3, 0.4) is 0 Å². The number of sulfonamides is 2. The summed E-state index contributed by atoms with van der Waals surface area (Å²) in [5.74, 6) is 0.158. The summed E-state index contributed by atoms with van der Waals surface area (Å²) in [6.45, 7) is 1.14. The van der Waals surface area contributed by atoms with Crippen LogP contribution in [0.15, 0.2) is 23.1 Å². The van der Waals surface area contributed by atoms with E-state index in [0.717, 1.165) is 6.26 Å². The Morgan fingerprint density at radius 3 is 2.36 bits per heavy atom. The summed E-state index contributed by atoms with van der Waals surface area (Å²) in [6.07, 6.45) is 0.993. The van der Waals surface area contributed by atoms with Crippen LogP contribution in [0.1, 0.15) is 0 Å². The Morgan fingerprint density at radius 2 is 1.82 bits per heavy atom. The predicted octanol–water partition coefficient (Wildman–Crippen LogP) is 0.0876. The molecule has 1 aromatic carbocycles. The molecule has 0 spiro atoms. The maximum Gasteiger partial charge on any atom is 0.246 e. The first-order chi connectivity index (χ1) is 10.2. The molecule has 0 radical (unpaired) electrons. The van der Waals surface area contributed by atoms with Gasteiger partial charge in [0.05, 0.1) is 32.3 Å². The third-order valence-electron chi connectivity index (χ3n) is 3.05. The van der Waals surface area contributed by atoms with Crippen LogP contribution in [-0.4, -0.2) is 60.8 Å². The third kappa shape index (κ3) is 3.88. The second-order valence-corrected chi connectivity index (χ2v) is 8.41. The van der Waals surface area contributed by atoms with Gasteiger partial charge in [0, 0.05) is 13.1 Å². The zero-order chi connectivity index (χ0) is 16.4. The molecule has 10 heteroatoms. The SMILES string of the molecule is COc1ccc(NS(C)(=O)=O)cc1S(=O)(=O)N1CCOCC1. The highest BCUT2D eigenvalue weighted by Gasteiger charge is 2.29. The van der Waals surface area contributed by atoms with E-state index in [1.165, 1.54) is 29.6 Å². The molecule has 0 bridgehead atoms. The van der Waals surface area contributed by atoms with Crippen LogP contribution in [-0.2, 0) is 24.8 Å². The van der Waals surface area contributed by atoms with Crippen LogP contribution in [0.2, 0.25) is 0 Å². The van der Waals surface area contributed by atoms with Crippen molar-refractivity contribution in [3.05, 3.63) is 18.2 Å². The minimum Gasteiger partial charge on any atom is -0.495 e. The van der Waals surface area contributed by atoms with Gasteiger partial charge in [-0.25, -0.2) is 16.8 Å². The summed E-state index contributed by atoms with van der Waals surface area (Å²) in [7, 11) is -5.93. The molecule has 1 saturated heterocycles. The fraction of sp³-hybridized carbons (Fsp3) is 0.500. The second-order valence-electron chi connectivity index (χ2n) is 4.76. The lowest BCUT2D eigenvalue weighted by atomic mass is 10.3. The van der Waals surface area contributed by atoms with Crippen molar-refractivity contribution >= 4 is 25.7 Å². The molecule has 0 saturated carbocycles. The molecule has 8 nitrogen and oxygen atoms in total. The summed E-state index contributed by atoms with van der Waals surface area (Å²) in [5, 5.41) is 0. The summed E-state index contributed by atoms with van der Waals surface area (Å²) < 4.78 is 61.8. The molecule has 1 aromatic rings. The second kappa shape index (κ2) is 6.41. The average molecular weight is 350 g/mol. The molecule has 124 valence electrons. The van der Waals surface area contributed by atoms with Gasteiger partial charge in [0.25, 0.3) is 0 Å². The smallest absolute Gasteiger partial charge is 0.246 e. The molecule has 1 fully saturated rings. The predicted molar refractivity (Wildman–Crippen MR) is 81.0 cm³/mol. The summed E-state index contributed by atoms with van der Waals surface area (Å²) in [6, 6.07) is 4.11. The number of methoxy groups -OCH3 is 1. The van der Waals surface area contributed by atoms with Gasteiger partial charge in [-0.15, -0.1) is 0 Å². The molecule has 0 aliphatic carbocycles. The zero-order valence-corrected chi connectivity index (χ0v) is 13.9. The first-order valence-electron chi connectivity index (χ1n) is 6.48. The molecular formula is C12H18N2O6S2. The lowest BCUT2D eigenvalue weighted by molar-refractivity contribution is 0.0729. The van der Waals surface area contributed by atoms with Crippen LogP contribution < -0.4 is 9.46 Å². The lowest BCUT2D eigenvalue weighted by Gasteiger charge is -2.26. The van der Waals surface area contributed by atoms with Gasteiger partial charge in [-0.05, 0) is 18.2 Å². The van der Waals surface area contributed by atoms with E-state index in [9.17, 15) is 16.8 Å². The number of hydrogen-bond donors (Lipinski definition) is 1.